The Morgan fingerprint density at radius 1 is 0.304 bits per heavy atom. The average Bonchev–Trinajstić information content (AvgIpc) is 3.83. The van der Waals surface area contributed by atoms with Crippen molar-refractivity contribution in [3.8, 4) is 16.8 Å². The summed E-state index contributed by atoms with van der Waals surface area (Å²) < 4.78 is 9.44. The van der Waals surface area contributed by atoms with Gasteiger partial charge in [0.05, 0.1) is 11.0 Å². The van der Waals surface area contributed by atoms with Gasteiger partial charge in [0.25, 0.3) is 0 Å². The summed E-state index contributed by atoms with van der Waals surface area (Å²) in [4.78, 5) is 0. The molecule has 0 aliphatic heterocycles. The van der Waals surface area contributed by atoms with E-state index in [-0.39, 0.29) is 0 Å². The summed E-state index contributed by atoms with van der Waals surface area (Å²) in [6, 6.07) is 68.8. The Hall–Kier alpha value is -7.42. The molecule has 2 aromatic heterocycles. The predicted octanol–water partition coefficient (Wildman–Crippen LogP) is 15.3. The number of rotatable bonds is 2. The molecule has 0 atom stereocenters. The van der Waals surface area contributed by atoms with Crippen molar-refractivity contribution >= 4 is 108 Å². The van der Waals surface area contributed by atoms with Crippen LogP contribution in [0.4, 0.5) is 0 Å². The van der Waals surface area contributed by atoms with Crippen LogP contribution in [0.1, 0.15) is 0 Å². The first-order valence-corrected chi connectivity index (χ1v) is 19.4. The van der Waals surface area contributed by atoms with Crippen molar-refractivity contribution in [3.05, 3.63) is 188 Å². The summed E-state index contributed by atoms with van der Waals surface area (Å²) >= 11 is 0. The highest BCUT2D eigenvalue weighted by atomic mass is 16.3. The Bertz CT molecular complexity index is 3770. The SMILES string of the molecule is c1ccc2c(c1)oc1c2c2c3ccccc3c3ccccc3c2c2c3ccccc3n(-c3ccc(-c4ccc5c6ccccc6c6ccccc6c5c4)cc3)c12. The topological polar surface area (TPSA) is 18.1 Å². The maximum Gasteiger partial charge on any atom is 0.160 e. The van der Waals surface area contributed by atoms with Crippen LogP contribution in [-0.4, -0.2) is 4.57 Å². The van der Waals surface area contributed by atoms with Crippen LogP contribution in [0.25, 0.3) is 125 Å². The van der Waals surface area contributed by atoms with E-state index in [0.717, 1.165) is 33.3 Å². The van der Waals surface area contributed by atoms with E-state index in [1.807, 2.05) is 0 Å². The highest BCUT2D eigenvalue weighted by Gasteiger charge is 2.25. The molecule has 0 amide bonds. The second-order valence-corrected chi connectivity index (χ2v) is 15.1. The Labute approximate surface area is 321 Å². The zero-order valence-corrected chi connectivity index (χ0v) is 30.3. The fourth-order valence-corrected chi connectivity index (χ4v) is 9.99. The van der Waals surface area contributed by atoms with E-state index in [1.165, 1.54) is 91.9 Å². The van der Waals surface area contributed by atoms with Crippen LogP contribution < -0.4 is 0 Å². The fraction of sp³-hybridized carbons (Fsp3) is 0. The average molecular weight is 710 g/mol. The van der Waals surface area contributed by atoms with Gasteiger partial charge in [-0.15, -0.1) is 0 Å². The summed E-state index contributed by atoms with van der Waals surface area (Å²) in [5, 5.41) is 20.0. The molecule has 13 rings (SSSR count). The second kappa shape index (κ2) is 11.1. The molecule has 2 nitrogen and oxygen atoms in total. The van der Waals surface area contributed by atoms with Crippen LogP contribution >= 0.6 is 0 Å². The monoisotopic (exact) mass is 709 g/mol. The van der Waals surface area contributed by atoms with E-state index in [1.54, 1.807) is 0 Å². The molecule has 0 aliphatic rings. The molecular weight excluding hydrogens is 679 g/mol. The Morgan fingerprint density at radius 2 is 0.750 bits per heavy atom. The maximum absolute atomic E-state index is 7.01. The molecule has 2 heterocycles. The molecule has 0 saturated heterocycles. The number of para-hydroxylation sites is 2. The van der Waals surface area contributed by atoms with Gasteiger partial charge in [-0.1, -0.05) is 158 Å². The van der Waals surface area contributed by atoms with E-state index in [9.17, 15) is 0 Å². The molecule has 11 aromatic carbocycles. The van der Waals surface area contributed by atoms with E-state index >= 15 is 0 Å². The van der Waals surface area contributed by atoms with Gasteiger partial charge < -0.3 is 8.98 Å². The quantitative estimate of drug-likeness (QED) is 0.163. The number of hydrogen-bond donors (Lipinski definition) is 0. The summed E-state index contributed by atoms with van der Waals surface area (Å²) in [6.07, 6.45) is 0. The van der Waals surface area contributed by atoms with Crippen LogP contribution in [0.2, 0.25) is 0 Å². The largest absolute Gasteiger partial charge is 0.454 e. The van der Waals surface area contributed by atoms with Crippen molar-refractivity contribution in [2.75, 3.05) is 0 Å². The lowest BCUT2D eigenvalue weighted by molar-refractivity contribution is 0.671. The third-order valence-electron chi connectivity index (χ3n) is 12.3. The number of furan rings is 1. The minimum Gasteiger partial charge on any atom is -0.454 e. The standard InChI is InChI=1S/C54H31NO/c1-2-15-37-35(13-1)36-14-3-4-18-40(36)46-31-33(27-30-41(37)46)32-25-28-34(29-26-32)55-47-23-11-9-21-44(47)51-49-42-19-7-5-16-38(42)39-17-6-8-20-43(39)50(49)52-45-22-10-12-24-48(45)56-54(52)53(51)55/h1-31H. The van der Waals surface area contributed by atoms with Gasteiger partial charge >= 0.3 is 0 Å². The smallest absolute Gasteiger partial charge is 0.160 e. The number of fused-ring (bicyclic) bond motifs is 21. The summed E-state index contributed by atoms with van der Waals surface area (Å²) in [6.45, 7) is 0. The Kier molecular flexibility index (Phi) is 5.92. The predicted molar refractivity (Wildman–Crippen MR) is 239 cm³/mol. The lowest BCUT2D eigenvalue weighted by Gasteiger charge is -2.14. The van der Waals surface area contributed by atoms with E-state index in [0.29, 0.717) is 0 Å². The highest BCUT2D eigenvalue weighted by molar-refractivity contribution is 6.44. The first-order valence-electron chi connectivity index (χ1n) is 19.4. The van der Waals surface area contributed by atoms with Gasteiger partial charge in [-0.3, -0.25) is 0 Å². The van der Waals surface area contributed by atoms with Crippen molar-refractivity contribution in [1.29, 1.82) is 0 Å². The van der Waals surface area contributed by atoms with Crippen LogP contribution in [0.15, 0.2) is 192 Å². The van der Waals surface area contributed by atoms with Crippen LogP contribution in [0.5, 0.6) is 0 Å². The molecule has 0 N–H and O–H groups in total. The number of hydrogen-bond acceptors (Lipinski definition) is 1. The first-order chi connectivity index (χ1) is 27.8. The molecule has 13 aromatic rings. The molecule has 258 valence electrons. The van der Waals surface area contributed by atoms with Crippen LogP contribution in [-0.2, 0) is 0 Å². The van der Waals surface area contributed by atoms with Gasteiger partial charge in [0.1, 0.15) is 5.58 Å². The third kappa shape index (κ3) is 3.90. The molecule has 0 aliphatic carbocycles. The Morgan fingerprint density at radius 3 is 1.38 bits per heavy atom. The molecule has 0 fully saturated rings. The Balaban J connectivity index is 1.12. The molecular formula is C54H31NO. The first kappa shape index (κ1) is 30.0. The maximum atomic E-state index is 7.01. The lowest BCUT2D eigenvalue weighted by Crippen LogP contribution is -1.95. The van der Waals surface area contributed by atoms with Gasteiger partial charge in [-0.2, -0.15) is 0 Å². The van der Waals surface area contributed by atoms with E-state index in [2.05, 4.69) is 193 Å². The molecule has 0 unspecified atom stereocenters. The molecule has 0 bridgehead atoms. The van der Waals surface area contributed by atoms with Gasteiger partial charge in [0, 0.05) is 38.0 Å². The van der Waals surface area contributed by atoms with Crippen molar-refractivity contribution in [3.63, 3.8) is 0 Å². The number of nitrogens with zero attached hydrogens (tertiary/aromatic N) is 1. The summed E-state index contributed by atoms with van der Waals surface area (Å²) in [7, 11) is 0. The number of aromatic nitrogens is 1. The number of benzene rings is 11. The van der Waals surface area contributed by atoms with Crippen molar-refractivity contribution in [2.45, 2.75) is 0 Å². The highest BCUT2D eigenvalue weighted by Crippen LogP contribution is 2.50. The van der Waals surface area contributed by atoms with Crippen molar-refractivity contribution in [2.24, 2.45) is 0 Å². The van der Waals surface area contributed by atoms with E-state index < -0.39 is 0 Å². The van der Waals surface area contributed by atoms with Crippen molar-refractivity contribution < 1.29 is 4.42 Å². The van der Waals surface area contributed by atoms with Crippen molar-refractivity contribution in [1.82, 2.24) is 4.57 Å². The summed E-state index contributed by atoms with van der Waals surface area (Å²) in [5.41, 5.74) is 7.57. The van der Waals surface area contributed by atoms with Gasteiger partial charge in [0.15, 0.2) is 5.58 Å². The zero-order chi connectivity index (χ0) is 36.5. The molecule has 0 saturated carbocycles. The minimum atomic E-state index is 0.900. The molecule has 56 heavy (non-hydrogen) atoms. The van der Waals surface area contributed by atoms with Gasteiger partial charge in [-0.25, -0.2) is 0 Å². The molecule has 0 spiro atoms. The normalized spacial score (nSPS) is 12.3. The van der Waals surface area contributed by atoms with Gasteiger partial charge in [0.2, 0.25) is 0 Å². The third-order valence-corrected chi connectivity index (χ3v) is 12.3. The lowest BCUT2D eigenvalue weighted by atomic mass is 9.89. The second-order valence-electron chi connectivity index (χ2n) is 15.1. The summed E-state index contributed by atoms with van der Waals surface area (Å²) in [5.74, 6) is 0. The van der Waals surface area contributed by atoms with Gasteiger partial charge in [-0.05, 0) is 95.3 Å². The fourth-order valence-electron chi connectivity index (χ4n) is 9.99. The van der Waals surface area contributed by atoms with E-state index in [4.69, 9.17) is 4.42 Å². The van der Waals surface area contributed by atoms with Crippen LogP contribution in [0, 0.1) is 0 Å². The molecule has 2 heteroatoms. The minimum absolute atomic E-state index is 0.900. The van der Waals surface area contributed by atoms with Crippen LogP contribution in [0.3, 0.4) is 0 Å². The zero-order valence-electron chi connectivity index (χ0n) is 30.3. The molecule has 0 radical (unpaired) electrons.